The maximum atomic E-state index is 12.1. The van der Waals surface area contributed by atoms with Gasteiger partial charge in [-0.05, 0) is 68.7 Å². The van der Waals surface area contributed by atoms with Crippen molar-refractivity contribution in [1.29, 1.82) is 0 Å². The quantitative estimate of drug-likeness (QED) is 0.828. The Bertz CT molecular complexity index is 566. The van der Waals surface area contributed by atoms with Gasteiger partial charge in [0.2, 0.25) is 5.91 Å². The molecule has 0 heterocycles. The minimum Gasteiger partial charge on any atom is -0.393 e. The van der Waals surface area contributed by atoms with Crippen LogP contribution in [0.25, 0.3) is 0 Å². The van der Waals surface area contributed by atoms with Crippen molar-refractivity contribution in [3.8, 4) is 0 Å². The summed E-state index contributed by atoms with van der Waals surface area (Å²) in [5.74, 6) is 1.38. The largest absolute Gasteiger partial charge is 0.393 e. The lowest BCUT2D eigenvalue weighted by Crippen LogP contribution is -2.40. The number of carbonyl (C=O) groups excluding carboxylic acids is 1. The highest BCUT2D eigenvalue weighted by Crippen LogP contribution is 2.45. The van der Waals surface area contributed by atoms with Crippen LogP contribution in [-0.4, -0.2) is 48.2 Å². The molecule has 1 aromatic carbocycles. The van der Waals surface area contributed by atoms with Gasteiger partial charge in [0.1, 0.15) is 0 Å². The van der Waals surface area contributed by atoms with E-state index in [2.05, 4.69) is 10.2 Å². The molecule has 0 saturated heterocycles. The van der Waals surface area contributed by atoms with Crippen LogP contribution in [0, 0.1) is 11.8 Å². The van der Waals surface area contributed by atoms with Crippen LogP contribution >= 0.6 is 11.6 Å². The number of halogens is 1. The summed E-state index contributed by atoms with van der Waals surface area (Å²) < 4.78 is 0. The fourth-order valence-electron chi connectivity index (χ4n) is 4.36. The number of hydrogen-bond donors (Lipinski definition) is 2. The SMILES string of the molecule is CN(CC(=O)NCCc1cccc(Cl)c1)C1C[C@H]2CC(O)C[C@H]2C1. The van der Waals surface area contributed by atoms with Gasteiger partial charge >= 0.3 is 0 Å². The molecule has 0 aliphatic heterocycles. The first kappa shape index (κ1) is 17.7. The molecule has 1 amide bonds. The maximum absolute atomic E-state index is 12.1. The summed E-state index contributed by atoms with van der Waals surface area (Å²) in [5.41, 5.74) is 1.14. The second-order valence-electron chi connectivity index (χ2n) is 7.42. The van der Waals surface area contributed by atoms with Crippen LogP contribution in [0.2, 0.25) is 5.02 Å². The van der Waals surface area contributed by atoms with E-state index in [4.69, 9.17) is 11.6 Å². The fourth-order valence-corrected chi connectivity index (χ4v) is 4.58. The number of carbonyl (C=O) groups is 1. The Morgan fingerprint density at radius 3 is 2.67 bits per heavy atom. The molecule has 4 atom stereocenters. The number of benzene rings is 1. The number of rotatable bonds is 6. The lowest BCUT2D eigenvalue weighted by atomic mass is 10.0. The van der Waals surface area contributed by atoms with E-state index < -0.39 is 0 Å². The number of amides is 1. The van der Waals surface area contributed by atoms with Gasteiger partial charge in [0.25, 0.3) is 0 Å². The van der Waals surface area contributed by atoms with Crippen LogP contribution in [0.3, 0.4) is 0 Å². The predicted octanol–water partition coefficient (Wildman–Crippen LogP) is 2.48. The Labute approximate surface area is 149 Å². The molecule has 2 N–H and O–H groups in total. The summed E-state index contributed by atoms with van der Waals surface area (Å²) in [6.45, 7) is 1.08. The van der Waals surface area contributed by atoms with Gasteiger partial charge in [0.05, 0.1) is 12.6 Å². The van der Waals surface area contributed by atoms with E-state index in [1.165, 1.54) is 0 Å². The molecule has 2 aliphatic carbocycles. The first-order chi connectivity index (χ1) is 11.5. The second kappa shape index (κ2) is 7.85. The van der Waals surface area contributed by atoms with Crippen molar-refractivity contribution in [2.75, 3.05) is 20.1 Å². The second-order valence-corrected chi connectivity index (χ2v) is 7.85. The Kier molecular flexibility index (Phi) is 5.80. The predicted molar refractivity (Wildman–Crippen MR) is 96.0 cm³/mol. The standard InChI is InChI=1S/C19H27ClN2O2/c1-22(17-8-14-10-18(23)11-15(14)9-17)12-19(24)21-6-5-13-3-2-4-16(20)7-13/h2-4,7,14-15,17-18,23H,5-6,8-12H2,1H3,(H,21,24)/t14-,15+,17?,18?. The van der Waals surface area contributed by atoms with E-state index in [1.807, 2.05) is 31.3 Å². The molecule has 0 spiro atoms. The van der Waals surface area contributed by atoms with Gasteiger partial charge in [0, 0.05) is 17.6 Å². The third kappa shape index (κ3) is 4.50. The van der Waals surface area contributed by atoms with Crippen molar-refractivity contribution < 1.29 is 9.90 Å². The molecule has 24 heavy (non-hydrogen) atoms. The molecule has 4 nitrogen and oxygen atoms in total. The molecule has 0 aromatic heterocycles. The number of aliphatic hydroxyl groups excluding tert-OH is 1. The molecule has 1 aromatic rings. The first-order valence-electron chi connectivity index (χ1n) is 8.90. The molecule has 3 rings (SSSR count). The van der Waals surface area contributed by atoms with E-state index in [0.717, 1.165) is 42.7 Å². The van der Waals surface area contributed by atoms with E-state index >= 15 is 0 Å². The van der Waals surface area contributed by atoms with Gasteiger partial charge in [-0.2, -0.15) is 0 Å². The summed E-state index contributed by atoms with van der Waals surface area (Å²) >= 11 is 5.97. The molecule has 2 unspecified atom stereocenters. The van der Waals surface area contributed by atoms with Gasteiger partial charge in [0.15, 0.2) is 0 Å². The molecule has 2 fully saturated rings. The van der Waals surface area contributed by atoms with E-state index in [9.17, 15) is 9.90 Å². The van der Waals surface area contributed by atoms with Crippen LogP contribution in [0.15, 0.2) is 24.3 Å². The van der Waals surface area contributed by atoms with Crippen molar-refractivity contribution in [3.63, 3.8) is 0 Å². The van der Waals surface area contributed by atoms with E-state index in [1.54, 1.807) is 0 Å². The van der Waals surface area contributed by atoms with Crippen molar-refractivity contribution in [1.82, 2.24) is 10.2 Å². The number of likely N-dealkylation sites (N-methyl/N-ethyl adjacent to an activating group) is 1. The van der Waals surface area contributed by atoms with Gasteiger partial charge in [-0.3, -0.25) is 9.69 Å². The Hall–Kier alpha value is -1.10. The molecule has 2 aliphatic rings. The van der Waals surface area contributed by atoms with Crippen molar-refractivity contribution >= 4 is 17.5 Å². The monoisotopic (exact) mass is 350 g/mol. The number of hydrogen-bond acceptors (Lipinski definition) is 3. The lowest BCUT2D eigenvalue weighted by molar-refractivity contribution is -0.122. The molecule has 132 valence electrons. The van der Waals surface area contributed by atoms with Crippen LogP contribution in [-0.2, 0) is 11.2 Å². The summed E-state index contributed by atoms with van der Waals surface area (Å²) in [6, 6.07) is 8.23. The fraction of sp³-hybridized carbons (Fsp3) is 0.632. The van der Waals surface area contributed by atoms with Crippen molar-refractivity contribution in [2.24, 2.45) is 11.8 Å². The number of aliphatic hydroxyl groups is 1. The highest BCUT2D eigenvalue weighted by Gasteiger charge is 2.42. The molecular formula is C19H27ClN2O2. The van der Waals surface area contributed by atoms with E-state index in [-0.39, 0.29) is 12.0 Å². The zero-order valence-electron chi connectivity index (χ0n) is 14.2. The number of fused-ring (bicyclic) bond motifs is 1. The number of nitrogens with zero attached hydrogens (tertiary/aromatic N) is 1. The van der Waals surface area contributed by atoms with Crippen LogP contribution < -0.4 is 5.32 Å². The first-order valence-corrected chi connectivity index (χ1v) is 9.28. The minimum atomic E-state index is -0.0963. The normalized spacial score (nSPS) is 29.0. The van der Waals surface area contributed by atoms with Gasteiger partial charge < -0.3 is 10.4 Å². The van der Waals surface area contributed by atoms with Crippen LogP contribution in [0.1, 0.15) is 31.2 Å². The Morgan fingerprint density at radius 1 is 1.29 bits per heavy atom. The molecular weight excluding hydrogens is 324 g/mol. The Morgan fingerprint density at radius 2 is 2.00 bits per heavy atom. The van der Waals surface area contributed by atoms with Gasteiger partial charge in [-0.1, -0.05) is 23.7 Å². The lowest BCUT2D eigenvalue weighted by Gasteiger charge is -2.24. The van der Waals surface area contributed by atoms with Crippen molar-refractivity contribution in [3.05, 3.63) is 34.9 Å². The average molecular weight is 351 g/mol. The van der Waals surface area contributed by atoms with Gasteiger partial charge in [-0.25, -0.2) is 0 Å². The van der Waals surface area contributed by atoms with Crippen molar-refractivity contribution in [2.45, 2.75) is 44.2 Å². The highest BCUT2D eigenvalue weighted by molar-refractivity contribution is 6.30. The zero-order chi connectivity index (χ0) is 17.1. The molecule has 2 saturated carbocycles. The summed E-state index contributed by atoms with van der Waals surface area (Å²) in [7, 11) is 2.04. The number of nitrogens with one attached hydrogen (secondary N) is 1. The molecule has 5 heteroatoms. The Balaban J connectivity index is 1.37. The van der Waals surface area contributed by atoms with Crippen LogP contribution in [0.5, 0.6) is 0 Å². The molecule has 0 bridgehead atoms. The highest BCUT2D eigenvalue weighted by atomic mass is 35.5. The van der Waals surface area contributed by atoms with Gasteiger partial charge in [-0.15, -0.1) is 0 Å². The topological polar surface area (TPSA) is 52.6 Å². The minimum absolute atomic E-state index is 0.0802. The summed E-state index contributed by atoms with van der Waals surface area (Å²) in [4.78, 5) is 14.3. The maximum Gasteiger partial charge on any atom is 0.234 e. The average Bonchev–Trinajstić information content (AvgIpc) is 3.04. The summed E-state index contributed by atoms with van der Waals surface area (Å²) in [6.07, 6.45) is 4.83. The molecule has 0 radical (unpaired) electrons. The smallest absolute Gasteiger partial charge is 0.234 e. The zero-order valence-corrected chi connectivity index (χ0v) is 15.0. The van der Waals surface area contributed by atoms with Crippen LogP contribution in [0.4, 0.5) is 0 Å². The third-order valence-corrected chi connectivity index (χ3v) is 5.84. The summed E-state index contributed by atoms with van der Waals surface area (Å²) in [5, 5.41) is 13.5. The van der Waals surface area contributed by atoms with E-state index in [0.29, 0.717) is 31.0 Å². The third-order valence-electron chi connectivity index (χ3n) is 5.61.